The molecule has 0 bridgehead atoms. The SMILES string of the molecule is CC(=O)c1ccc(N2CCN(C(=O)NC(c3ccccc3)C(C)C)CC2)c(F)c1. The Hall–Kier alpha value is -2.89. The van der Waals surface area contributed by atoms with Gasteiger partial charge in [-0.15, -0.1) is 0 Å². The molecule has 0 radical (unpaired) electrons. The third-order valence-corrected chi connectivity index (χ3v) is 5.37. The minimum absolute atomic E-state index is 0.0571. The largest absolute Gasteiger partial charge is 0.366 e. The summed E-state index contributed by atoms with van der Waals surface area (Å²) in [6.07, 6.45) is 0. The molecule has 1 unspecified atom stereocenters. The van der Waals surface area contributed by atoms with Gasteiger partial charge in [0.05, 0.1) is 11.7 Å². The van der Waals surface area contributed by atoms with Crippen LogP contribution >= 0.6 is 0 Å². The van der Waals surface area contributed by atoms with Crippen LogP contribution in [0.4, 0.5) is 14.9 Å². The molecule has 0 spiro atoms. The van der Waals surface area contributed by atoms with Gasteiger partial charge in [-0.3, -0.25) is 4.79 Å². The highest BCUT2D eigenvalue weighted by atomic mass is 19.1. The fourth-order valence-electron chi connectivity index (χ4n) is 3.65. The number of nitrogens with zero attached hydrogens (tertiary/aromatic N) is 2. The second-order valence-electron chi connectivity index (χ2n) is 7.78. The molecular formula is C23H28FN3O2. The third-order valence-electron chi connectivity index (χ3n) is 5.37. The Balaban J connectivity index is 1.61. The second-order valence-corrected chi connectivity index (χ2v) is 7.78. The van der Waals surface area contributed by atoms with Crippen LogP contribution in [0.2, 0.25) is 0 Å². The lowest BCUT2D eigenvalue weighted by Crippen LogP contribution is -2.52. The maximum absolute atomic E-state index is 14.4. The predicted octanol–water partition coefficient (Wildman–Crippen LogP) is 4.26. The van der Waals surface area contributed by atoms with Crippen LogP contribution in [0.15, 0.2) is 48.5 Å². The summed E-state index contributed by atoms with van der Waals surface area (Å²) < 4.78 is 14.4. The molecule has 1 heterocycles. The number of carbonyl (C=O) groups is 2. The molecule has 154 valence electrons. The van der Waals surface area contributed by atoms with E-state index >= 15 is 0 Å². The maximum Gasteiger partial charge on any atom is 0.318 e. The van der Waals surface area contributed by atoms with E-state index in [2.05, 4.69) is 19.2 Å². The minimum Gasteiger partial charge on any atom is -0.366 e. The first-order chi connectivity index (χ1) is 13.9. The lowest BCUT2D eigenvalue weighted by atomic mass is 9.96. The molecule has 1 atom stereocenters. The number of Topliss-reactive ketones (excluding diaryl/α,β-unsaturated/α-hetero) is 1. The van der Waals surface area contributed by atoms with Crippen molar-refractivity contribution in [3.8, 4) is 0 Å². The molecule has 5 nitrogen and oxygen atoms in total. The molecule has 6 heteroatoms. The van der Waals surface area contributed by atoms with Crippen LogP contribution in [0.1, 0.15) is 42.7 Å². The van der Waals surface area contributed by atoms with Gasteiger partial charge in [0.15, 0.2) is 5.78 Å². The van der Waals surface area contributed by atoms with Crippen LogP contribution < -0.4 is 10.2 Å². The van der Waals surface area contributed by atoms with E-state index in [4.69, 9.17) is 0 Å². The molecule has 29 heavy (non-hydrogen) atoms. The number of amides is 2. The summed E-state index contributed by atoms with van der Waals surface area (Å²) in [7, 11) is 0. The summed E-state index contributed by atoms with van der Waals surface area (Å²) in [5.41, 5.74) is 1.92. The summed E-state index contributed by atoms with van der Waals surface area (Å²) in [5, 5.41) is 3.15. The second kappa shape index (κ2) is 9.07. The molecule has 2 aromatic rings. The molecule has 1 fully saturated rings. The number of ketones is 1. The summed E-state index contributed by atoms with van der Waals surface area (Å²) in [4.78, 5) is 27.9. The first kappa shape index (κ1) is 20.8. The van der Waals surface area contributed by atoms with Crippen LogP contribution in [0.25, 0.3) is 0 Å². The Morgan fingerprint density at radius 2 is 1.66 bits per heavy atom. The molecular weight excluding hydrogens is 369 g/mol. The van der Waals surface area contributed by atoms with Gasteiger partial charge in [0.25, 0.3) is 0 Å². The highest BCUT2D eigenvalue weighted by Crippen LogP contribution is 2.24. The van der Waals surface area contributed by atoms with Crippen LogP contribution in [-0.2, 0) is 0 Å². The van der Waals surface area contributed by atoms with E-state index in [9.17, 15) is 14.0 Å². The minimum atomic E-state index is -0.403. The Kier molecular flexibility index (Phi) is 6.52. The average molecular weight is 397 g/mol. The number of anilines is 1. The number of benzene rings is 2. The van der Waals surface area contributed by atoms with E-state index in [1.807, 2.05) is 35.2 Å². The summed E-state index contributed by atoms with van der Waals surface area (Å²) >= 11 is 0. The van der Waals surface area contributed by atoms with Gasteiger partial charge >= 0.3 is 6.03 Å². The predicted molar refractivity (Wildman–Crippen MR) is 113 cm³/mol. The number of halogens is 1. The molecule has 3 rings (SSSR count). The van der Waals surface area contributed by atoms with E-state index in [-0.39, 0.29) is 23.8 Å². The number of hydrogen-bond donors (Lipinski definition) is 1. The van der Waals surface area contributed by atoms with Crippen molar-refractivity contribution in [2.75, 3.05) is 31.1 Å². The first-order valence-corrected chi connectivity index (χ1v) is 10.0. The van der Waals surface area contributed by atoms with Gasteiger partial charge in [0.1, 0.15) is 5.82 Å². The van der Waals surface area contributed by atoms with Crippen LogP contribution in [-0.4, -0.2) is 42.9 Å². The molecule has 1 aliphatic heterocycles. The van der Waals surface area contributed by atoms with E-state index in [1.54, 1.807) is 17.0 Å². The number of nitrogens with one attached hydrogen (secondary N) is 1. The first-order valence-electron chi connectivity index (χ1n) is 10.0. The molecule has 0 aliphatic carbocycles. The van der Waals surface area contributed by atoms with Crippen molar-refractivity contribution < 1.29 is 14.0 Å². The molecule has 2 amide bonds. The average Bonchev–Trinajstić information content (AvgIpc) is 2.72. The molecule has 0 aromatic heterocycles. The highest BCUT2D eigenvalue weighted by Gasteiger charge is 2.26. The Morgan fingerprint density at radius 1 is 1.00 bits per heavy atom. The Bertz CT molecular complexity index is 862. The normalized spacial score (nSPS) is 15.3. The molecule has 1 saturated heterocycles. The third kappa shape index (κ3) is 4.94. The number of rotatable bonds is 5. The fraction of sp³-hybridized carbons (Fsp3) is 0.391. The van der Waals surface area contributed by atoms with Crippen LogP contribution in [0, 0.1) is 11.7 Å². The van der Waals surface area contributed by atoms with Gasteiger partial charge in [-0.05, 0) is 36.6 Å². The quantitative estimate of drug-likeness (QED) is 0.767. The molecule has 1 aliphatic rings. The maximum atomic E-state index is 14.4. The smallest absolute Gasteiger partial charge is 0.318 e. The van der Waals surface area contributed by atoms with Crippen molar-refractivity contribution in [2.45, 2.75) is 26.8 Å². The monoisotopic (exact) mass is 397 g/mol. The standard InChI is InChI=1S/C23H28FN3O2/c1-16(2)22(18-7-5-4-6-8-18)25-23(29)27-13-11-26(12-14-27)21-10-9-19(17(3)28)15-20(21)24/h4-10,15-16,22H,11-14H2,1-3H3,(H,25,29). The lowest BCUT2D eigenvalue weighted by molar-refractivity contribution is 0.101. The Morgan fingerprint density at radius 3 is 2.21 bits per heavy atom. The topological polar surface area (TPSA) is 52.7 Å². The van der Waals surface area contributed by atoms with Gasteiger partial charge in [-0.25, -0.2) is 9.18 Å². The van der Waals surface area contributed by atoms with Gasteiger partial charge in [-0.1, -0.05) is 44.2 Å². The Labute approximate surface area is 171 Å². The van der Waals surface area contributed by atoms with Crippen molar-refractivity contribution in [1.29, 1.82) is 0 Å². The van der Waals surface area contributed by atoms with Gasteiger partial charge in [0.2, 0.25) is 0 Å². The van der Waals surface area contributed by atoms with Crippen LogP contribution in [0.5, 0.6) is 0 Å². The van der Waals surface area contributed by atoms with E-state index in [0.29, 0.717) is 37.4 Å². The fourth-order valence-corrected chi connectivity index (χ4v) is 3.65. The molecule has 0 saturated carbocycles. The highest BCUT2D eigenvalue weighted by molar-refractivity contribution is 5.94. The molecule has 1 N–H and O–H groups in total. The number of carbonyl (C=O) groups excluding carboxylic acids is 2. The summed E-state index contributed by atoms with van der Waals surface area (Å²) in [5.74, 6) is -0.300. The number of piperazine rings is 1. The van der Waals surface area contributed by atoms with E-state index in [1.165, 1.54) is 13.0 Å². The van der Waals surface area contributed by atoms with E-state index < -0.39 is 5.82 Å². The van der Waals surface area contributed by atoms with Crippen molar-refractivity contribution in [3.05, 3.63) is 65.5 Å². The van der Waals surface area contributed by atoms with E-state index in [0.717, 1.165) is 5.56 Å². The zero-order chi connectivity index (χ0) is 21.0. The number of urea groups is 1. The number of hydrogen-bond acceptors (Lipinski definition) is 3. The van der Waals surface area contributed by atoms with Crippen molar-refractivity contribution >= 4 is 17.5 Å². The van der Waals surface area contributed by atoms with Crippen LogP contribution in [0.3, 0.4) is 0 Å². The summed E-state index contributed by atoms with van der Waals surface area (Å²) in [6, 6.07) is 14.4. The van der Waals surface area contributed by atoms with Gasteiger partial charge in [-0.2, -0.15) is 0 Å². The van der Waals surface area contributed by atoms with Gasteiger partial charge in [0, 0.05) is 31.7 Å². The lowest BCUT2D eigenvalue weighted by Gasteiger charge is -2.37. The van der Waals surface area contributed by atoms with Crippen molar-refractivity contribution in [2.24, 2.45) is 5.92 Å². The zero-order valence-corrected chi connectivity index (χ0v) is 17.2. The van der Waals surface area contributed by atoms with Crippen molar-refractivity contribution in [1.82, 2.24) is 10.2 Å². The zero-order valence-electron chi connectivity index (χ0n) is 17.2. The van der Waals surface area contributed by atoms with Gasteiger partial charge < -0.3 is 15.1 Å². The summed E-state index contributed by atoms with van der Waals surface area (Å²) in [6.45, 7) is 7.71. The molecule has 2 aromatic carbocycles. The van der Waals surface area contributed by atoms with Crippen molar-refractivity contribution in [3.63, 3.8) is 0 Å².